The minimum atomic E-state index is -0.522. The van der Waals surface area contributed by atoms with Gasteiger partial charge in [0.25, 0.3) is 5.56 Å². The zero-order valence-corrected chi connectivity index (χ0v) is 9.97. The first-order valence-electron chi connectivity index (χ1n) is 6.07. The van der Waals surface area contributed by atoms with E-state index in [0.29, 0.717) is 24.4 Å². The van der Waals surface area contributed by atoms with E-state index >= 15 is 0 Å². The monoisotopic (exact) mass is 245 g/mol. The Balaban J connectivity index is 1.77. The molecule has 1 aliphatic rings. The molecule has 5 nitrogen and oxygen atoms in total. The van der Waals surface area contributed by atoms with Gasteiger partial charge >= 0.3 is 0 Å². The molecule has 1 aliphatic carbocycles. The Bertz CT molecular complexity index is 631. The zero-order chi connectivity index (χ0) is 12.6. The number of hydrogen-bond donors (Lipinski definition) is 2. The van der Waals surface area contributed by atoms with Crippen LogP contribution in [0.1, 0.15) is 18.5 Å². The van der Waals surface area contributed by atoms with Crippen LogP contribution in [0.15, 0.2) is 35.3 Å². The highest BCUT2D eigenvalue weighted by atomic mass is 16.3. The third-order valence-electron chi connectivity index (χ3n) is 3.21. The smallest absolute Gasteiger partial charge is 0.258 e. The molecule has 5 heteroatoms. The molecule has 2 heterocycles. The summed E-state index contributed by atoms with van der Waals surface area (Å²) in [4.78, 5) is 16.2. The van der Waals surface area contributed by atoms with Crippen LogP contribution < -0.4 is 10.9 Å². The number of fused-ring (bicyclic) bond motifs is 1. The molecular weight excluding hydrogens is 230 g/mol. The van der Waals surface area contributed by atoms with Crippen molar-refractivity contribution in [1.29, 1.82) is 0 Å². The molecule has 2 aromatic rings. The number of aromatic nitrogens is 2. The summed E-state index contributed by atoms with van der Waals surface area (Å²) in [5.41, 5.74) is 0.747. The van der Waals surface area contributed by atoms with Gasteiger partial charge in [0.15, 0.2) is 0 Å². The number of nitrogens with one attached hydrogen (secondary N) is 1. The number of pyridine rings is 1. The van der Waals surface area contributed by atoms with E-state index in [-0.39, 0.29) is 5.56 Å². The van der Waals surface area contributed by atoms with Crippen LogP contribution in [-0.4, -0.2) is 26.6 Å². The summed E-state index contributed by atoms with van der Waals surface area (Å²) in [7, 11) is 0. The lowest BCUT2D eigenvalue weighted by atomic mass is 10.3. The fourth-order valence-corrected chi connectivity index (χ4v) is 1.94. The predicted molar refractivity (Wildman–Crippen MR) is 67.4 cm³/mol. The summed E-state index contributed by atoms with van der Waals surface area (Å²) in [5, 5.41) is 12.8. The van der Waals surface area contributed by atoms with Crippen molar-refractivity contribution in [2.45, 2.75) is 25.0 Å². The Kier molecular flexibility index (Phi) is 2.65. The van der Waals surface area contributed by atoms with Gasteiger partial charge in [-0.25, -0.2) is 4.98 Å². The van der Waals surface area contributed by atoms with Crippen LogP contribution in [0.5, 0.6) is 0 Å². The van der Waals surface area contributed by atoms with Gasteiger partial charge < -0.3 is 10.4 Å². The average Bonchev–Trinajstić information content (AvgIpc) is 3.07. The molecular formula is C13H15N3O2. The Hall–Kier alpha value is -1.72. The number of hydrogen-bond acceptors (Lipinski definition) is 4. The maximum Gasteiger partial charge on any atom is 0.258 e. The molecule has 0 radical (unpaired) electrons. The van der Waals surface area contributed by atoms with Crippen molar-refractivity contribution in [3.8, 4) is 0 Å². The van der Waals surface area contributed by atoms with Gasteiger partial charge in [-0.1, -0.05) is 6.07 Å². The Labute approximate surface area is 104 Å². The molecule has 0 aliphatic heterocycles. The Morgan fingerprint density at radius 1 is 1.44 bits per heavy atom. The van der Waals surface area contributed by atoms with Gasteiger partial charge in [0.2, 0.25) is 0 Å². The lowest BCUT2D eigenvalue weighted by molar-refractivity contribution is 0.147. The summed E-state index contributed by atoms with van der Waals surface area (Å²) >= 11 is 0. The van der Waals surface area contributed by atoms with E-state index in [9.17, 15) is 9.90 Å². The third-order valence-corrected chi connectivity index (χ3v) is 3.21. The second-order valence-electron chi connectivity index (χ2n) is 4.84. The van der Waals surface area contributed by atoms with Crippen LogP contribution in [0.4, 0.5) is 0 Å². The normalized spacial score (nSPS) is 16.9. The molecule has 2 aromatic heterocycles. The third kappa shape index (κ3) is 2.27. The van der Waals surface area contributed by atoms with Crippen molar-refractivity contribution in [1.82, 2.24) is 14.7 Å². The van der Waals surface area contributed by atoms with Crippen molar-refractivity contribution in [3.63, 3.8) is 0 Å². The first-order valence-corrected chi connectivity index (χ1v) is 6.07. The highest BCUT2D eigenvalue weighted by Gasteiger charge is 2.39. The minimum absolute atomic E-state index is 0.0810. The molecule has 0 spiro atoms. The first-order chi connectivity index (χ1) is 8.66. The van der Waals surface area contributed by atoms with Crippen LogP contribution in [0.25, 0.3) is 5.65 Å². The summed E-state index contributed by atoms with van der Waals surface area (Å²) in [6.07, 6.45) is 3.41. The van der Waals surface area contributed by atoms with Gasteiger partial charge in [-0.15, -0.1) is 0 Å². The summed E-state index contributed by atoms with van der Waals surface area (Å²) < 4.78 is 1.51. The summed E-state index contributed by atoms with van der Waals surface area (Å²) in [5.74, 6) is 0. The van der Waals surface area contributed by atoms with Gasteiger partial charge in [-0.2, -0.15) is 0 Å². The van der Waals surface area contributed by atoms with Crippen molar-refractivity contribution >= 4 is 5.65 Å². The van der Waals surface area contributed by atoms with E-state index in [1.54, 1.807) is 18.3 Å². The van der Waals surface area contributed by atoms with Crippen LogP contribution in [-0.2, 0) is 6.54 Å². The van der Waals surface area contributed by atoms with Crippen molar-refractivity contribution in [3.05, 3.63) is 46.5 Å². The second kappa shape index (κ2) is 4.19. The molecule has 94 valence electrons. The second-order valence-corrected chi connectivity index (χ2v) is 4.84. The SMILES string of the molecule is O=c1cc(CNCC2(O)CC2)nc2ccccn12. The van der Waals surface area contributed by atoms with Gasteiger partial charge in [-0.05, 0) is 25.0 Å². The highest BCUT2D eigenvalue weighted by Crippen LogP contribution is 2.33. The molecule has 0 unspecified atom stereocenters. The molecule has 3 rings (SSSR count). The average molecular weight is 245 g/mol. The number of rotatable bonds is 4. The van der Waals surface area contributed by atoms with E-state index < -0.39 is 5.60 Å². The van der Waals surface area contributed by atoms with Gasteiger partial charge in [0, 0.05) is 25.4 Å². The fourth-order valence-electron chi connectivity index (χ4n) is 1.94. The van der Waals surface area contributed by atoms with Gasteiger partial charge in [0.05, 0.1) is 11.3 Å². The molecule has 2 N–H and O–H groups in total. The lowest BCUT2D eigenvalue weighted by Crippen LogP contribution is -2.28. The molecule has 1 saturated carbocycles. The molecule has 0 aromatic carbocycles. The quantitative estimate of drug-likeness (QED) is 0.813. The number of aliphatic hydroxyl groups is 1. The predicted octanol–water partition coefficient (Wildman–Crippen LogP) is 0.309. The zero-order valence-electron chi connectivity index (χ0n) is 9.97. The minimum Gasteiger partial charge on any atom is -0.389 e. The molecule has 0 atom stereocenters. The Morgan fingerprint density at radius 3 is 3.06 bits per heavy atom. The van der Waals surface area contributed by atoms with E-state index in [4.69, 9.17) is 0 Å². The maximum atomic E-state index is 11.8. The summed E-state index contributed by atoms with van der Waals surface area (Å²) in [6, 6.07) is 6.98. The lowest BCUT2D eigenvalue weighted by Gasteiger charge is -2.09. The fraction of sp³-hybridized carbons (Fsp3) is 0.385. The van der Waals surface area contributed by atoms with Crippen molar-refractivity contribution < 1.29 is 5.11 Å². The van der Waals surface area contributed by atoms with Crippen molar-refractivity contribution in [2.75, 3.05) is 6.54 Å². The molecule has 1 fully saturated rings. The topological polar surface area (TPSA) is 66.6 Å². The van der Waals surface area contributed by atoms with E-state index in [2.05, 4.69) is 10.3 Å². The van der Waals surface area contributed by atoms with Crippen molar-refractivity contribution in [2.24, 2.45) is 0 Å². The molecule has 0 amide bonds. The van der Waals surface area contributed by atoms with E-state index in [0.717, 1.165) is 12.8 Å². The molecule has 0 saturated heterocycles. The van der Waals surface area contributed by atoms with Crippen LogP contribution in [0, 0.1) is 0 Å². The Morgan fingerprint density at radius 2 is 2.28 bits per heavy atom. The molecule has 0 bridgehead atoms. The van der Waals surface area contributed by atoms with Gasteiger partial charge in [0.1, 0.15) is 5.65 Å². The number of nitrogens with zero attached hydrogens (tertiary/aromatic N) is 2. The molecule has 18 heavy (non-hydrogen) atoms. The highest BCUT2D eigenvalue weighted by molar-refractivity contribution is 5.37. The van der Waals surface area contributed by atoms with Crippen LogP contribution in [0.2, 0.25) is 0 Å². The van der Waals surface area contributed by atoms with E-state index in [1.807, 2.05) is 6.07 Å². The van der Waals surface area contributed by atoms with Gasteiger partial charge in [-0.3, -0.25) is 9.20 Å². The first kappa shape index (κ1) is 11.4. The maximum absolute atomic E-state index is 11.8. The van der Waals surface area contributed by atoms with Crippen LogP contribution >= 0.6 is 0 Å². The van der Waals surface area contributed by atoms with E-state index in [1.165, 1.54) is 10.5 Å². The summed E-state index contributed by atoms with van der Waals surface area (Å²) in [6.45, 7) is 1.06. The largest absolute Gasteiger partial charge is 0.389 e. The van der Waals surface area contributed by atoms with Crippen LogP contribution in [0.3, 0.4) is 0 Å². The standard InChI is InChI=1S/C13H15N3O2/c17-12-7-10(8-14-9-13(18)4-5-13)15-11-3-1-2-6-16(11)12/h1-3,6-7,14,18H,4-5,8-9H2.